The zero-order valence-electron chi connectivity index (χ0n) is 18.7. The van der Waals surface area contributed by atoms with Crippen molar-refractivity contribution in [3.05, 3.63) is 82.5 Å². The Balaban J connectivity index is 1.49. The number of hydrogen-bond acceptors (Lipinski definition) is 7. The third-order valence-electron chi connectivity index (χ3n) is 5.26. The summed E-state index contributed by atoms with van der Waals surface area (Å²) in [6.07, 6.45) is 10.5. The summed E-state index contributed by atoms with van der Waals surface area (Å²) in [6, 6.07) is 11.0. The highest BCUT2D eigenvalue weighted by Gasteiger charge is 2.19. The number of nitrogens with zero attached hydrogens (tertiary/aromatic N) is 5. The lowest BCUT2D eigenvalue weighted by Gasteiger charge is -2.12. The van der Waals surface area contributed by atoms with Gasteiger partial charge in [-0.3, -0.25) is 20.1 Å². The lowest BCUT2D eigenvalue weighted by Crippen LogP contribution is -2.14. The fraction of sp³-hybridized carbons (Fsp3) is 0.0769. The molecule has 7 nitrogen and oxygen atoms in total. The number of thiazole rings is 1. The molecule has 1 amide bonds. The van der Waals surface area contributed by atoms with Crippen LogP contribution in [0.1, 0.15) is 27.3 Å². The summed E-state index contributed by atoms with van der Waals surface area (Å²) in [5.41, 5.74) is 5.97. The molecule has 0 spiro atoms. The molecular weight excluding hydrogens is 480 g/mol. The molecule has 9 heteroatoms. The highest BCUT2D eigenvalue weighted by Crippen LogP contribution is 2.30. The van der Waals surface area contributed by atoms with Gasteiger partial charge in [-0.25, -0.2) is 9.97 Å². The molecule has 0 saturated carbocycles. The van der Waals surface area contributed by atoms with Gasteiger partial charge in [0.25, 0.3) is 5.91 Å². The van der Waals surface area contributed by atoms with Crippen LogP contribution in [-0.4, -0.2) is 30.8 Å². The van der Waals surface area contributed by atoms with E-state index in [4.69, 9.17) is 18.0 Å². The van der Waals surface area contributed by atoms with Crippen molar-refractivity contribution >= 4 is 44.5 Å². The summed E-state index contributed by atoms with van der Waals surface area (Å²) in [5.74, 6) is 2.29. The van der Waals surface area contributed by atoms with Gasteiger partial charge in [0, 0.05) is 39.9 Å². The number of halogens is 1. The lowest BCUT2D eigenvalue weighted by molar-refractivity contribution is 0.102. The standard InChI is InChI=1S/C26H17ClN6OS/c1-4-16-11-28-14(2)9-19(16)20-10-15(3)29-12-21(20)24(34)33-26-32-23-25(35-26)31-22(13-30-23)17-5-7-18(27)8-6-17/h1,5-13H,2-3H3,(H,30,32,33,34). The van der Waals surface area contributed by atoms with E-state index < -0.39 is 0 Å². The van der Waals surface area contributed by atoms with E-state index in [-0.39, 0.29) is 5.91 Å². The van der Waals surface area contributed by atoms with Gasteiger partial charge in [0.15, 0.2) is 15.6 Å². The zero-order chi connectivity index (χ0) is 24.5. The average Bonchev–Trinajstić information content (AvgIpc) is 3.25. The van der Waals surface area contributed by atoms with Gasteiger partial charge in [-0.2, -0.15) is 4.98 Å². The first-order chi connectivity index (χ1) is 16.9. The van der Waals surface area contributed by atoms with Crippen molar-refractivity contribution in [1.29, 1.82) is 0 Å². The van der Waals surface area contributed by atoms with Gasteiger partial charge in [-0.15, -0.1) is 6.42 Å². The van der Waals surface area contributed by atoms with Gasteiger partial charge < -0.3 is 0 Å². The van der Waals surface area contributed by atoms with Crippen molar-refractivity contribution in [3.8, 4) is 34.7 Å². The van der Waals surface area contributed by atoms with E-state index in [1.807, 2.05) is 38.1 Å². The van der Waals surface area contributed by atoms with Crippen LogP contribution in [0, 0.1) is 26.2 Å². The quantitative estimate of drug-likeness (QED) is 0.320. The van der Waals surface area contributed by atoms with E-state index in [0.717, 1.165) is 22.5 Å². The number of aryl methyl sites for hydroxylation is 2. The molecule has 5 aromatic rings. The minimum atomic E-state index is -0.359. The highest BCUT2D eigenvalue weighted by molar-refractivity contribution is 7.21. The number of carbonyl (C=O) groups is 1. The fourth-order valence-electron chi connectivity index (χ4n) is 3.56. The number of terminal acetylenes is 1. The molecule has 0 aliphatic heterocycles. The predicted octanol–water partition coefficient (Wildman–Crippen LogP) is 5.71. The Kier molecular flexibility index (Phi) is 5.95. The van der Waals surface area contributed by atoms with Crippen LogP contribution < -0.4 is 5.32 Å². The average molecular weight is 497 g/mol. The third-order valence-corrected chi connectivity index (χ3v) is 6.36. The lowest BCUT2D eigenvalue weighted by atomic mass is 9.96. The molecule has 0 aliphatic rings. The largest absolute Gasteiger partial charge is 0.298 e. The molecular formula is C26H17ClN6OS. The molecule has 35 heavy (non-hydrogen) atoms. The van der Waals surface area contributed by atoms with Crippen LogP contribution in [-0.2, 0) is 0 Å². The molecule has 1 N–H and O–H groups in total. The summed E-state index contributed by atoms with van der Waals surface area (Å²) in [4.78, 5) is 36.0. The summed E-state index contributed by atoms with van der Waals surface area (Å²) in [7, 11) is 0. The van der Waals surface area contributed by atoms with Crippen LogP contribution in [0.25, 0.3) is 32.9 Å². The Morgan fingerprint density at radius 2 is 1.69 bits per heavy atom. The number of carbonyl (C=O) groups excluding carboxylic acids is 1. The van der Waals surface area contributed by atoms with Crippen LogP contribution in [0.2, 0.25) is 5.02 Å². The summed E-state index contributed by atoms with van der Waals surface area (Å²) in [6.45, 7) is 3.73. The number of nitrogens with one attached hydrogen (secondary N) is 1. The molecule has 0 radical (unpaired) electrons. The van der Waals surface area contributed by atoms with Crippen molar-refractivity contribution < 1.29 is 4.79 Å². The number of amides is 1. The van der Waals surface area contributed by atoms with Gasteiger partial charge >= 0.3 is 0 Å². The molecule has 0 fully saturated rings. The predicted molar refractivity (Wildman–Crippen MR) is 138 cm³/mol. The van der Waals surface area contributed by atoms with Gasteiger partial charge in [0.2, 0.25) is 0 Å². The van der Waals surface area contributed by atoms with E-state index in [2.05, 4.69) is 36.2 Å². The minimum absolute atomic E-state index is 0.359. The summed E-state index contributed by atoms with van der Waals surface area (Å²) >= 11 is 7.22. The second-order valence-corrected chi connectivity index (χ2v) is 9.16. The third kappa shape index (κ3) is 4.60. The SMILES string of the molecule is C#Cc1cnc(C)cc1-c1cc(C)ncc1C(=O)Nc1nc2ncc(-c3ccc(Cl)cc3)nc2s1. The molecule has 0 atom stereocenters. The van der Waals surface area contributed by atoms with Crippen LogP contribution >= 0.6 is 22.9 Å². The van der Waals surface area contributed by atoms with E-state index in [1.165, 1.54) is 11.3 Å². The van der Waals surface area contributed by atoms with Gasteiger partial charge in [0.1, 0.15) is 0 Å². The molecule has 4 aromatic heterocycles. The monoisotopic (exact) mass is 496 g/mol. The van der Waals surface area contributed by atoms with E-state index in [1.54, 1.807) is 30.7 Å². The minimum Gasteiger partial charge on any atom is -0.298 e. The van der Waals surface area contributed by atoms with Crippen LogP contribution in [0.5, 0.6) is 0 Å². The Hall–Kier alpha value is -4.19. The van der Waals surface area contributed by atoms with Gasteiger partial charge in [-0.1, -0.05) is 41.0 Å². The number of pyridine rings is 2. The molecule has 170 valence electrons. The fourth-order valence-corrected chi connectivity index (χ4v) is 4.48. The van der Waals surface area contributed by atoms with Crippen molar-refractivity contribution in [1.82, 2.24) is 24.9 Å². The maximum atomic E-state index is 13.3. The Labute approximate surface area is 210 Å². The number of hydrogen-bond donors (Lipinski definition) is 1. The molecule has 0 saturated heterocycles. The maximum absolute atomic E-state index is 13.3. The zero-order valence-corrected chi connectivity index (χ0v) is 20.3. The van der Waals surface area contributed by atoms with E-state index >= 15 is 0 Å². The smallest absolute Gasteiger partial charge is 0.259 e. The van der Waals surface area contributed by atoms with Crippen LogP contribution in [0.4, 0.5) is 5.13 Å². The number of rotatable bonds is 4. The van der Waals surface area contributed by atoms with Crippen molar-refractivity contribution in [3.63, 3.8) is 0 Å². The first-order valence-electron chi connectivity index (χ1n) is 10.5. The molecule has 0 unspecified atom stereocenters. The number of benzene rings is 1. The maximum Gasteiger partial charge on any atom is 0.259 e. The summed E-state index contributed by atoms with van der Waals surface area (Å²) < 4.78 is 0. The van der Waals surface area contributed by atoms with Crippen molar-refractivity contribution in [2.75, 3.05) is 5.32 Å². The summed E-state index contributed by atoms with van der Waals surface area (Å²) in [5, 5.41) is 3.89. The Morgan fingerprint density at radius 1 is 0.971 bits per heavy atom. The van der Waals surface area contributed by atoms with E-state index in [0.29, 0.717) is 43.0 Å². The number of aromatic nitrogens is 5. The molecule has 0 bridgehead atoms. The van der Waals surface area contributed by atoms with Crippen LogP contribution in [0.15, 0.2) is 55.0 Å². The highest BCUT2D eigenvalue weighted by atomic mass is 35.5. The van der Waals surface area contributed by atoms with E-state index in [9.17, 15) is 4.79 Å². The first kappa shape index (κ1) is 22.6. The van der Waals surface area contributed by atoms with Crippen LogP contribution in [0.3, 0.4) is 0 Å². The Bertz CT molecular complexity index is 1640. The normalized spacial score (nSPS) is 10.8. The van der Waals surface area contributed by atoms with Crippen molar-refractivity contribution in [2.45, 2.75) is 13.8 Å². The second-order valence-electron chi connectivity index (χ2n) is 7.75. The number of anilines is 1. The first-order valence-corrected chi connectivity index (χ1v) is 11.7. The molecule has 4 heterocycles. The topological polar surface area (TPSA) is 93.6 Å². The second kappa shape index (κ2) is 9.22. The van der Waals surface area contributed by atoms with Gasteiger partial charge in [0.05, 0.1) is 23.0 Å². The molecule has 0 aliphatic carbocycles. The molecule has 5 rings (SSSR count). The Morgan fingerprint density at radius 3 is 2.43 bits per heavy atom. The van der Waals surface area contributed by atoms with Gasteiger partial charge in [-0.05, 0) is 43.7 Å². The van der Waals surface area contributed by atoms with Crippen molar-refractivity contribution in [2.24, 2.45) is 0 Å². The molecule has 1 aromatic carbocycles. The number of fused-ring (bicyclic) bond motifs is 1.